The van der Waals surface area contributed by atoms with Gasteiger partial charge in [-0.25, -0.2) is 0 Å². The second kappa shape index (κ2) is 9.56. The minimum atomic E-state index is -8.71. The van der Waals surface area contributed by atoms with E-state index in [9.17, 15) is 84.2 Å². The maximum Gasteiger partial charge on any atom is 0.460 e. The molecule has 0 aromatic heterocycles. The number of carbonyl (C=O) groups is 2. The predicted molar refractivity (Wildman–Crippen MR) is 77.9 cm³/mol. The van der Waals surface area contributed by atoms with Crippen molar-refractivity contribution in [3.05, 3.63) is 0 Å². The van der Waals surface area contributed by atoms with E-state index < -0.39 is 91.2 Å². The number of carboxylic acids is 2. The van der Waals surface area contributed by atoms with Gasteiger partial charge in [0, 0.05) is 6.42 Å². The summed E-state index contributed by atoms with van der Waals surface area (Å²) in [6, 6.07) is 0. The zero-order valence-electron chi connectivity index (χ0n) is 16.5. The van der Waals surface area contributed by atoms with Crippen molar-refractivity contribution in [3.8, 4) is 0 Å². The average molecular weight is 578 g/mol. The van der Waals surface area contributed by atoms with Gasteiger partial charge in [0.1, 0.15) is 0 Å². The van der Waals surface area contributed by atoms with E-state index in [1.54, 1.807) is 0 Å². The van der Waals surface area contributed by atoms with Crippen LogP contribution in [0.15, 0.2) is 0 Å². The van der Waals surface area contributed by atoms with E-state index in [0.717, 1.165) is 0 Å². The number of carboxylic acid groups (broad SMARTS) is 2. The molecule has 0 spiro atoms. The Bertz CT molecular complexity index is 803. The highest BCUT2D eigenvalue weighted by atomic mass is 19.4. The Morgan fingerprint density at radius 2 is 0.806 bits per heavy atom. The van der Waals surface area contributed by atoms with Crippen LogP contribution in [0.25, 0.3) is 0 Å². The monoisotopic (exact) mass is 578 g/mol. The minimum absolute atomic E-state index is 1.14. The van der Waals surface area contributed by atoms with Crippen LogP contribution in [-0.2, 0) is 9.59 Å². The molecule has 0 fully saturated rings. The molecule has 214 valence electrons. The average Bonchev–Trinajstić information content (AvgIpc) is 2.65. The van der Waals surface area contributed by atoms with Crippen molar-refractivity contribution in [2.45, 2.75) is 73.3 Å². The molecule has 0 rings (SSSR count). The predicted octanol–water partition coefficient (Wildman–Crippen LogP) is 6.34. The van der Waals surface area contributed by atoms with E-state index in [1.165, 1.54) is 0 Å². The van der Waals surface area contributed by atoms with Gasteiger partial charge in [0.05, 0.1) is 0 Å². The fourth-order valence-electron chi connectivity index (χ4n) is 2.40. The normalized spacial score (nSPS) is 15.4. The van der Waals surface area contributed by atoms with Crippen LogP contribution in [0.1, 0.15) is 25.7 Å². The van der Waals surface area contributed by atoms with Gasteiger partial charge in [0.25, 0.3) is 0 Å². The largest absolute Gasteiger partial charge is 0.481 e. The molecule has 0 atom stereocenters. The molecule has 0 radical (unpaired) electrons. The van der Waals surface area contributed by atoms with E-state index in [0.29, 0.717) is 0 Å². The van der Waals surface area contributed by atoms with Gasteiger partial charge in [-0.15, -0.1) is 0 Å². The molecule has 0 bridgehead atoms. The summed E-state index contributed by atoms with van der Waals surface area (Å²) in [6.07, 6.45) is -14.4. The molecule has 0 aromatic rings. The van der Waals surface area contributed by atoms with Crippen LogP contribution in [0.4, 0.5) is 74.6 Å². The number of aliphatic carboxylic acids is 2. The van der Waals surface area contributed by atoms with Crippen LogP contribution in [0.2, 0.25) is 0 Å². The van der Waals surface area contributed by atoms with Gasteiger partial charge in [-0.05, 0) is 12.8 Å². The third kappa shape index (κ3) is 5.10. The summed E-state index contributed by atoms with van der Waals surface area (Å²) in [7, 11) is 0. The fourth-order valence-corrected chi connectivity index (χ4v) is 2.40. The van der Waals surface area contributed by atoms with Gasteiger partial charge in [0.15, 0.2) is 5.92 Å². The summed E-state index contributed by atoms with van der Waals surface area (Å²) in [4.78, 5) is 21.1. The van der Waals surface area contributed by atoms with Crippen LogP contribution in [-0.4, -0.2) is 69.8 Å². The summed E-state index contributed by atoms with van der Waals surface area (Å²) in [6.45, 7) is 0. The Morgan fingerprint density at radius 3 is 1.11 bits per heavy atom. The molecule has 2 N–H and O–H groups in total. The fraction of sp³-hybridized carbons (Fsp3) is 0.867. The Kier molecular flexibility index (Phi) is 8.97. The topological polar surface area (TPSA) is 74.6 Å². The van der Waals surface area contributed by atoms with Crippen LogP contribution < -0.4 is 0 Å². The molecule has 0 aliphatic carbocycles. The lowest BCUT2D eigenvalue weighted by atomic mass is 9.87. The van der Waals surface area contributed by atoms with Gasteiger partial charge < -0.3 is 10.2 Å². The van der Waals surface area contributed by atoms with Gasteiger partial charge >= 0.3 is 59.6 Å². The first-order valence-corrected chi connectivity index (χ1v) is 8.66. The zero-order chi connectivity index (χ0) is 29.6. The van der Waals surface area contributed by atoms with Crippen molar-refractivity contribution in [1.29, 1.82) is 0 Å². The molecule has 4 nitrogen and oxygen atoms in total. The van der Waals surface area contributed by atoms with Crippen LogP contribution in [0.3, 0.4) is 0 Å². The number of rotatable bonds is 13. The van der Waals surface area contributed by atoms with Crippen molar-refractivity contribution in [2.75, 3.05) is 0 Å². The summed E-state index contributed by atoms with van der Waals surface area (Å²) in [5.74, 6) is -63.5. The Morgan fingerprint density at radius 1 is 0.500 bits per heavy atom. The first kappa shape index (κ1) is 33.8. The first-order chi connectivity index (χ1) is 15.5. The Labute approximate surface area is 187 Å². The van der Waals surface area contributed by atoms with Gasteiger partial charge in [-0.3, -0.25) is 9.59 Å². The summed E-state index contributed by atoms with van der Waals surface area (Å²) in [5, 5.41) is 17.0. The molecule has 0 saturated carbocycles. The highest BCUT2D eigenvalue weighted by Gasteiger charge is 2.95. The molecule has 0 aliphatic rings. The van der Waals surface area contributed by atoms with E-state index in [-0.39, 0.29) is 0 Å². The van der Waals surface area contributed by atoms with Crippen molar-refractivity contribution < 1.29 is 94.4 Å². The van der Waals surface area contributed by atoms with Crippen molar-refractivity contribution >= 4 is 11.9 Å². The van der Waals surface area contributed by atoms with Crippen molar-refractivity contribution in [2.24, 2.45) is 5.92 Å². The second-order valence-electron chi connectivity index (χ2n) is 7.12. The van der Waals surface area contributed by atoms with Crippen LogP contribution in [0.5, 0.6) is 0 Å². The SMILES string of the molecule is O=C(O)C(CCCCC(F)(F)C(F)(F)C(F)(F)C(F)(F)C(F)(F)C(F)(F)C(F)(F)C(F)(F)F)C(=O)O. The highest BCUT2D eigenvalue weighted by Crippen LogP contribution is 2.64. The lowest BCUT2D eigenvalue weighted by molar-refractivity contribution is -0.461. The highest BCUT2D eigenvalue weighted by molar-refractivity contribution is 5.92. The molecule has 36 heavy (non-hydrogen) atoms. The quantitative estimate of drug-likeness (QED) is 0.152. The number of unbranched alkanes of at least 4 members (excludes halogenated alkanes) is 1. The summed E-state index contributed by atoms with van der Waals surface area (Å²) < 4.78 is 223. The van der Waals surface area contributed by atoms with Crippen molar-refractivity contribution in [3.63, 3.8) is 0 Å². The van der Waals surface area contributed by atoms with Gasteiger partial charge in [-0.1, -0.05) is 6.42 Å². The lowest BCUT2D eigenvalue weighted by Crippen LogP contribution is -2.74. The van der Waals surface area contributed by atoms with Gasteiger partial charge in [0.2, 0.25) is 0 Å². The zero-order valence-corrected chi connectivity index (χ0v) is 16.5. The molecule has 0 heterocycles. The first-order valence-electron chi connectivity index (χ1n) is 8.66. The summed E-state index contributed by atoms with van der Waals surface area (Å²) >= 11 is 0. The molecule has 0 saturated heterocycles. The molecule has 0 unspecified atom stereocenters. The molecular formula is C15H11F17O4. The van der Waals surface area contributed by atoms with Crippen LogP contribution >= 0.6 is 0 Å². The van der Waals surface area contributed by atoms with Crippen molar-refractivity contribution in [1.82, 2.24) is 0 Å². The Hall–Kier alpha value is -2.25. The molecular weight excluding hydrogens is 567 g/mol. The number of hydrogen-bond donors (Lipinski definition) is 2. The van der Waals surface area contributed by atoms with Crippen LogP contribution in [0, 0.1) is 5.92 Å². The van der Waals surface area contributed by atoms with E-state index in [4.69, 9.17) is 10.2 Å². The van der Waals surface area contributed by atoms with E-state index in [1.807, 2.05) is 0 Å². The van der Waals surface area contributed by atoms with Gasteiger partial charge in [-0.2, -0.15) is 74.6 Å². The number of alkyl halides is 17. The maximum absolute atomic E-state index is 13.6. The molecule has 21 heteroatoms. The number of halogens is 17. The third-order valence-electron chi connectivity index (χ3n) is 4.62. The summed E-state index contributed by atoms with van der Waals surface area (Å²) in [5.41, 5.74) is 0. The number of hydrogen-bond acceptors (Lipinski definition) is 2. The smallest absolute Gasteiger partial charge is 0.460 e. The minimum Gasteiger partial charge on any atom is -0.481 e. The molecule has 0 aromatic carbocycles. The second-order valence-corrected chi connectivity index (χ2v) is 7.12. The standard InChI is InChI=1S/C15H11F17O4/c16-8(17,4-2-1-3-5(6(33)34)7(35)36)9(18,19)10(20,21)11(22,23)12(24,25)13(26,27)14(28,29)15(30,31)32/h5H,1-4H2,(H,33,34)(H,35,36). The molecule has 0 amide bonds. The molecule has 0 aliphatic heterocycles. The Balaban J connectivity index is 6.16. The maximum atomic E-state index is 13.6. The third-order valence-corrected chi connectivity index (χ3v) is 4.62. The van der Waals surface area contributed by atoms with E-state index in [2.05, 4.69) is 0 Å². The van der Waals surface area contributed by atoms with E-state index >= 15 is 0 Å². The lowest BCUT2D eigenvalue weighted by Gasteiger charge is -2.42.